The maximum absolute atomic E-state index is 12.7. The molecule has 0 N–H and O–H groups in total. The molecule has 2 aromatic carbocycles. The highest BCUT2D eigenvalue weighted by atomic mass is 32.2. The molecule has 9 heteroatoms. The minimum atomic E-state index is -3.54. The summed E-state index contributed by atoms with van der Waals surface area (Å²) in [6.45, 7) is 3.61. The Bertz CT molecular complexity index is 1230. The number of esters is 1. The van der Waals surface area contributed by atoms with Gasteiger partial charge in [0.15, 0.2) is 0 Å². The van der Waals surface area contributed by atoms with Crippen molar-refractivity contribution in [1.29, 1.82) is 0 Å². The molecular formula is C24H24N2O5S2. The lowest BCUT2D eigenvalue weighted by Gasteiger charge is -2.26. The van der Waals surface area contributed by atoms with Crippen LogP contribution >= 0.6 is 11.3 Å². The third-order valence-corrected chi connectivity index (χ3v) is 7.97. The Labute approximate surface area is 197 Å². The molecule has 172 valence electrons. The highest BCUT2D eigenvalue weighted by Crippen LogP contribution is 2.24. The second-order valence-electron chi connectivity index (χ2n) is 7.54. The molecule has 0 amide bonds. The maximum Gasteiger partial charge on any atom is 0.331 e. The first-order valence-corrected chi connectivity index (χ1v) is 12.8. The standard InChI is InChI=1S/C24H24N2O5S2/c1-18-2-7-20(8-3-18)24-25-21(17-32-24)16-31-23(27)11-6-19-4-9-22(10-5-19)33(28,29)26-12-14-30-15-13-26/h2-11,17H,12-16H2,1H3/b11-6+. The number of sulfonamides is 1. The molecule has 3 aromatic rings. The van der Waals surface area contributed by atoms with Crippen LogP contribution in [0.5, 0.6) is 0 Å². The van der Waals surface area contributed by atoms with Gasteiger partial charge in [-0.05, 0) is 30.7 Å². The topological polar surface area (TPSA) is 85.8 Å². The Balaban J connectivity index is 1.31. The first-order chi connectivity index (χ1) is 15.9. The third-order valence-electron chi connectivity index (χ3n) is 5.11. The van der Waals surface area contributed by atoms with E-state index in [9.17, 15) is 13.2 Å². The average Bonchev–Trinajstić information content (AvgIpc) is 3.32. The van der Waals surface area contributed by atoms with E-state index >= 15 is 0 Å². The highest BCUT2D eigenvalue weighted by Gasteiger charge is 2.25. The molecule has 2 heterocycles. The minimum absolute atomic E-state index is 0.0856. The molecule has 0 atom stereocenters. The molecule has 0 aliphatic carbocycles. The molecule has 1 fully saturated rings. The van der Waals surface area contributed by atoms with Gasteiger partial charge in [0.25, 0.3) is 0 Å². The number of thiazole rings is 1. The van der Waals surface area contributed by atoms with Crippen LogP contribution in [0.1, 0.15) is 16.8 Å². The van der Waals surface area contributed by atoms with Gasteiger partial charge in [-0.3, -0.25) is 0 Å². The molecule has 33 heavy (non-hydrogen) atoms. The largest absolute Gasteiger partial charge is 0.456 e. The Morgan fingerprint density at radius 2 is 1.82 bits per heavy atom. The Kier molecular flexibility index (Phi) is 7.34. The van der Waals surface area contributed by atoms with Gasteiger partial charge in [0, 0.05) is 30.1 Å². The van der Waals surface area contributed by atoms with Crippen molar-refractivity contribution in [3.8, 4) is 10.6 Å². The normalized spacial score (nSPS) is 15.1. The summed E-state index contributed by atoms with van der Waals surface area (Å²) in [6.07, 6.45) is 2.91. The zero-order valence-electron chi connectivity index (χ0n) is 18.1. The number of ether oxygens (including phenoxy) is 2. The summed E-state index contributed by atoms with van der Waals surface area (Å²) in [5.41, 5.74) is 3.60. The lowest BCUT2D eigenvalue weighted by molar-refractivity contribution is -0.139. The van der Waals surface area contributed by atoms with E-state index in [2.05, 4.69) is 4.98 Å². The minimum Gasteiger partial charge on any atom is -0.456 e. The van der Waals surface area contributed by atoms with Crippen molar-refractivity contribution in [2.24, 2.45) is 0 Å². The Hall–Kier alpha value is -2.85. The van der Waals surface area contributed by atoms with Crippen LogP contribution in [0.15, 0.2) is 64.9 Å². The third kappa shape index (κ3) is 5.94. The second-order valence-corrected chi connectivity index (χ2v) is 10.3. The van der Waals surface area contributed by atoms with E-state index in [0.29, 0.717) is 37.6 Å². The van der Waals surface area contributed by atoms with Crippen LogP contribution in [-0.4, -0.2) is 50.0 Å². The fourth-order valence-corrected chi connectivity index (χ4v) is 5.46. The van der Waals surface area contributed by atoms with Crippen LogP contribution in [0.2, 0.25) is 0 Å². The molecular weight excluding hydrogens is 460 g/mol. The number of morpholine rings is 1. The number of benzene rings is 2. The van der Waals surface area contributed by atoms with Gasteiger partial charge in [-0.1, -0.05) is 42.0 Å². The summed E-state index contributed by atoms with van der Waals surface area (Å²) < 4.78 is 37.2. The molecule has 0 saturated carbocycles. The number of carbonyl (C=O) groups is 1. The predicted octanol–water partition coefficient (Wildman–Crippen LogP) is 3.90. The smallest absolute Gasteiger partial charge is 0.331 e. The maximum atomic E-state index is 12.7. The summed E-state index contributed by atoms with van der Waals surface area (Å²) in [7, 11) is -3.54. The van der Waals surface area contributed by atoms with E-state index in [1.165, 1.54) is 39.4 Å². The van der Waals surface area contributed by atoms with Gasteiger partial charge in [-0.25, -0.2) is 18.2 Å². The van der Waals surface area contributed by atoms with Crippen molar-refractivity contribution in [3.05, 3.63) is 76.8 Å². The zero-order chi connectivity index (χ0) is 23.3. The summed E-state index contributed by atoms with van der Waals surface area (Å²) in [5, 5.41) is 2.75. The van der Waals surface area contributed by atoms with Crippen molar-refractivity contribution in [3.63, 3.8) is 0 Å². The van der Waals surface area contributed by atoms with Crippen molar-refractivity contribution in [1.82, 2.24) is 9.29 Å². The van der Waals surface area contributed by atoms with E-state index in [-0.39, 0.29) is 11.5 Å². The SMILES string of the molecule is Cc1ccc(-c2nc(COC(=O)/C=C/c3ccc(S(=O)(=O)N4CCOCC4)cc3)cs2)cc1. The molecule has 0 radical (unpaired) electrons. The second kappa shape index (κ2) is 10.4. The summed E-state index contributed by atoms with van der Waals surface area (Å²) in [6, 6.07) is 14.5. The van der Waals surface area contributed by atoms with E-state index < -0.39 is 16.0 Å². The van der Waals surface area contributed by atoms with Gasteiger partial charge in [-0.15, -0.1) is 11.3 Å². The number of aromatic nitrogens is 1. The van der Waals surface area contributed by atoms with Crippen molar-refractivity contribution >= 4 is 33.4 Å². The average molecular weight is 485 g/mol. The lowest BCUT2D eigenvalue weighted by Crippen LogP contribution is -2.40. The molecule has 7 nitrogen and oxygen atoms in total. The van der Waals surface area contributed by atoms with Crippen molar-refractivity contribution < 1.29 is 22.7 Å². The van der Waals surface area contributed by atoms with Crippen LogP contribution < -0.4 is 0 Å². The quantitative estimate of drug-likeness (QED) is 0.374. The fraction of sp³-hybridized carbons (Fsp3) is 0.250. The number of aryl methyl sites for hydroxylation is 1. The summed E-state index contributed by atoms with van der Waals surface area (Å²) in [4.78, 5) is 16.8. The molecule has 0 unspecified atom stereocenters. The van der Waals surface area contributed by atoms with Gasteiger partial charge < -0.3 is 9.47 Å². The van der Waals surface area contributed by atoms with E-state index in [0.717, 1.165) is 10.6 Å². The Morgan fingerprint density at radius 3 is 2.52 bits per heavy atom. The molecule has 1 saturated heterocycles. The number of hydrogen-bond donors (Lipinski definition) is 0. The van der Waals surface area contributed by atoms with Gasteiger partial charge >= 0.3 is 5.97 Å². The lowest BCUT2D eigenvalue weighted by atomic mass is 10.2. The van der Waals surface area contributed by atoms with Gasteiger partial charge in [0.2, 0.25) is 10.0 Å². The van der Waals surface area contributed by atoms with Crippen molar-refractivity contribution in [2.45, 2.75) is 18.4 Å². The highest BCUT2D eigenvalue weighted by molar-refractivity contribution is 7.89. The monoisotopic (exact) mass is 484 g/mol. The van der Waals surface area contributed by atoms with Crippen molar-refractivity contribution in [2.75, 3.05) is 26.3 Å². The first kappa shape index (κ1) is 23.3. The van der Waals surface area contributed by atoms with Crippen LogP contribution in [0.25, 0.3) is 16.6 Å². The number of hydrogen-bond acceptors (Lipinski definition) is 7. The van der Waals surface area contributed by atoms with Crippen LogP contribution in [0.4, 0.5) is 0 Å². The number of carbonyl (C=O) groups excluding carboxylic acids is 1. The van der Waals surface area contributed by atoms with Gasteiger partial charge in [0.05, 0.1) is 23.8 Å². The van der Waals surface area contributed by atoms with Crippen LogP contribution in [-0.2, 0) is 30.9 Å². The number of rotatable bonds is 7. The van der Waals surface area contributed by atoms with Crippen LogP contribution in [0, 0.1) is 6.92 Å². The molecule has 1 aliphatic heterocycles. The first-order valence-electron chi connectivity index (χ1n) is 10.5. The van der Waals surface area contributed by atoms with Gasteiger partial charge in [-0.2, -0.15) is 4.31 Å². The zero-order valence-corrected chi connectivity index (χ0v) is 19.8. The number of nitrogens with zero attached hydrogens (tertiary/aromatic N) is 2. The predicted molar refractivity (Wildman–Crippen MR) is 127 cm³/mol. The van der Waals surface area contributed by atoms with E-state index in [1.54, 1.807) is 18.2 Å². The summed E-state index contributed by atoms with van der Waals surface area (Å²) >= 11 is 1.50. The molecule has 1 aromatic heterocycles. The van der Waals surface area contributed by atoms with Gasteiger partial charge in [0.1, 0.15) is 11.6 Å². The molecule has 0 bridgehead atoms. The fourth-order valence-electron chi connectivity index (χ4n) is 3.25. The molecule has 0 spiro atoms. The Morgan fingerprint density at radius 1 is 1.12 bits per heavy atom. The van der Waals surface area contributed by atoms with Crippen LogP contribution in [0.3, 0.4) is 0 Å². The summed E-state index contributed by atoms with van der Waals surface area (Å²) in [5.74, 6) is -0.495. The van der Waals surface area contributed by atoms with E-state index in [1.807, 2.05) is 36.6 Å². The molecule has 1 aliphatic rings. The van der Waals surface area contributed by atoms with E-state index in [4.69, 9.17) is 9.47 Å². The molecule has 4 rings (SSSR count).